The van der Waals surface area contributed by atoms with Crippen molar-refractivity contribution in [3.05, 3.63) is 11.8 Å². The van der Waals surface area contributed by atoms with Crippen molar-refractivity contribution in [3.8, 4) is 0 Å². The SMILES string of the molecule is CN1C=C(C(=O)C(=O)NC(C)(C)C)CC1C(=O)O. The number of ketones is 1. The molecule has 1 amide bonds. The highest BCUT2D eigenvalue weighted by Gasteiger charge is 2.33. The molecule has 0 radical (unpaired) electrons. The fourth-order valence-corrected chi connectivity index (χ4v) is 1.70. The van der Waals surface area contributed by atoms with Crippen LogP contribution in [-0.2, 0) is 14.4 Å². The van der Waals surface area contributed by atoms with Crippen LogP contribution < -0.4 is 5.32 Å². The zero-order valence-corrected chi connectivity index (χ0v) is 11.0. The summed E-state index contributed by atoms with van der Waals surface area (Å²) in [7, 11) is 1.57. The number of likely N-dealkylation sites (N-methyl/N-ethyl adjacent to an activating group) is 1. The lowest BCUT2D eigenvalue weighted by molar-refractivity contribution is -0.141. The lowest BCUT2D eigenvalue weighted by Crippen LogP contribution is -2.44. The Bertz CT molecular complexity index is 420. The van der Waals surface area contributed by atoms with Crippen molar-refractivity contribution in [2.24, 2.45) is 0 Å². The number of aliphatic carboxylic acids is 1. The minimum atomic E-state index is -1.01. The molecule has 0 aromatic carbocycles. The second-order valence-corrected chi connectivity index (χ2v) is 5.41. The number of carbonyl (C=O) groups is 3. The molecule has 1 aliphatic heterocycles. The molecule has 2 N–H and O–H groups in total. The van der Waals surface area contributed by atoms with Crippen molar-refractivity contribution in [3.63, 3.8) is 0 Å². The molecule has 1 rings (SSSR count). The van der Waals surface area contributed by atoms with Crippen molar-refractivity contribution in [1.82, 2.24) is 10.2 Å². The Morgan fingerprint density at radius 1 is 1.39 bits per heavy atom. The Morgan fingerprint density at radius 2 is 1.94 bits per heavy atom. The summed E-state index contributed by atoms with van der Waals surface area (Å²) in [5, 5.41) is 11.5. The lowest BCUT2D eigenvalue weighted by atomic mass is 10.0. The van der Waals surface area contributed by atoms with Crippen LogP contribution in [0.4, 0.5) is 0 Å². The van der Waals surface area contributed by atoms with E-state index in [9.17, 15) is 14.4 Å². The Kier molecular flexibility index (Phi) is 3.79. The van der Waals surface area contributed by atoms with E-state index in [1.807, 2.05) is 0 Å². The van der Waals surface area contributed by atoms with Crippen LogP contribution in [0, 0.1) is 0 Å². The zero-order chi connectivity index (χ0) is 14.1. The summed E-state index contributed by atoms with van der Waals surface area (Å²) in [4.78, 5) is 35.8. The molecule has 1 aliphatic rings. The maximum Gasteiger partial charge on any atom is 0.326 e. The van der Waals surface area contributed by atoms with Gasteiger partial charge in [0.15, 0.2) is 0 Å². The van der Waals surface area contributed by atoms with Crippen molar-refractivity contribution >= 4 is 17.7 Å². The molecule has 0 aliphatic carbocycles. The van der Waals surface area contributed by atoms with E-state index in [1.165, 1.54) is 11.1 Å². The fourth-order valence-electron chi connectivity index (χ4n) is 1.70. The van der Waals surface area contributed by atoms with E-state index < -0.39 is 29.2 Å². The summed E-state index contributed by atoms with van der Waals surface area (Å²) in [5.41, 5.74) is -0.268. The minimum Gasteiger partial charge on any atom is -0.480 e. The number of carboxylic acid groups (broad SMARTS) is 1. The smallest absolute Gasteiger partial charge is 0.326 e. The first-order valence-corrected chi connectivity index (χ1v) is 5.64. The van der Waals surface area contributed by atoms with Gasteiger partial charge in [-0.3, -0.25) is 9.59 Å². The highest BCUT2D eigenvalue weighted by atomic mass is 16.4. The van der Waals surface area contributed by atoms with Crippen LogP contribution >= 0.6 is 0 Å². The van der Waals surface area contributed by atoms with Gasteiger partial charge in [0.2, 0.25) is 5.78 Å². The highest BCUT2D eigenvalue weighted by molar-refractivity contribution is 6.42. The molecule has 100 valence electrons. The third kappa shape index (κ3) is 3.32. The van der Waals surface area contributed by atoms with Crippen LogP contribution in [0.15, 0.2) is 11.8 Å². The molecule has 18 heavy (non-hydrogen) atoms. The van der Waals surface area contributed by atoms with Crippen molar-refractivity contribution in [1.29, 1.82) is 0 Å². The first kappa shape index (κ1) is 14.2. The van der Waals surface area contributed by atoms with E-state index >= 15 is 0 Å². The Labute approximate surface area is 106 Å². The van der Waals surface area contributed by atoms with Gasteiger partial charge in [-0.2, -0.15) is 0 Å². The Balaban J connectivity index is 2.73. The van der Waals surface area contributed by atoms with Crippen molar-refractivity contribution in [2.45, 2.75) is 38.8 Å². The summed E-state index contributed by atoms with van der Waals surface area (Å²) in [6, 6.07) is -0.772. The van der Waals surface area contributed by atoms with Gasteiger partial charge in [-0.15, -0.1) is 0 Å². The summed E-state index contributed by atoms with van der Waals surface area (Å²) < 4.78 is 0. The average Bonchev–Trinajstić information content (AvgIpc) is 2.56. The van der Waals surface area contributed by atoms with Gasteiger partial charge >= 0.3 is 5.97 Å². The molecule has 0 bridgehead atoms. The van der Waals surface area contributed by atoms with Crippen LogP contribution in [0.1, 0.15) is 27.2 Å². The molecule has 0 saturated carbocycles. The van der Waals surface area contributed by atoms with Gasteiger partial charge in [0, 0.05) is 30.8 Å². The quantitative estimate of drug-likeness (QED) is 0.700. The van der Waals surface area contributed by atoms with Crippen LogP contribution in [0.3, 0.4) is 0 Å². The van der Waals surface area contributed by atoms with Gasteiger partial charge in [-0.1, -0.05) is 0 Å². The van der Waals surface area contributed by atoms with Crippen LogP contribution in [-0.4, -0.2) is 46.3 Å². The zero-order valence-electron chi connectivity index (χ0n) is 11.0. The molecule has 1 unspecified atom stereocenters. The van der Waals surface area contributed by atoms with E-state index in [-0.39, 0.29) is 12.0 Å². The summed E-state index contributed by atoms with van der Waals surface area (Å²) in [5.74, 6) is -2.37. The number of amides is 1. The standard InChI is InChI=1S/C12H18N2O4/c1-12(2,3)13-10(16)9(15)7-5-8(11(17)18)14(4)6-7/h6,8H,5H2,1-4H3,(H,13,16)(H,17,18). The van der Waals surface area contributed by atoms with E-state index in [0.29, 0.717) is 0 Å². The molecule has 0 aromatic rings. The minimum absolute atomic E-state index is 0.0578. The van der Waals surface area contributed by atoms with E-state index in [1.54, 1.807) is 27.8 Å². The van der Waals surface area contributed by atoms with Gasteiger partial charge in [0.05, 0.1) is 0 Å². The molecule has 0 aromatic heterocycles. The lowest BCUT2D eigenvalue weighted by Gasteiger charge is -2.19. The molecule has 6 nitrogen and oxygen atoms in total. The maximum absolute atomic E-state index is 11.8. The number of carboxylic acids is 1. The molecule has 1 atom stereocenters. The van der Waals surface area contributed by atoms with E-state index in [4.69, 9.17) is 5.11 Å². The second kappa shape index (κ2) is 4.80. The predicted octanol–water partition coefficient (Wildman–Crippen LogP) is 0.143. The number of carbonyl (C=O) groups excluding carboxylic acids is 2. The Morgan fingerprint density at radius 3 is 2.33 bits per heavy atom. The van der Waals surface area contributed by atoms with Gasteiger partial charge in [-0.25, -0.2) is 4.79 Å². The number of nitrogens with zero attached hydrogens (tertiary/aromatic N) is 1. The number of nitrogens with one attached hydrogen (secondary N) is 1. The molecule has 0 spiro atoms. The highest BCUT2D eigenvalue weighted by Crippen LogP contribution is 2.21. The van der Waals surface area contributed by atoms with E-state index in [2.05, 4.69) is 5.32 Å². The molecule has 0 saturated heterocycles. The van der Waals surface area contributed by atoms with Gasteiger partial charge in [0.25, 0.3) is 5.91 Å². The first-order valence-electron chi connectivity index (χ1n) is 5.64. The molecule has 1 heterocycles. The van der Waals surface area contributed by atoms with Gasteiger partial charge in [-0.05, 0) is 20.8 Å². The second-order valence-electron chi connectivity index (χ2n) is 5.41. The topological polar surface area (TPSA) is 86.7 Å². The first-order chi connectivity index (χ1) is 8.11. The number of hydrogen-bond acceptors (Lipinski definition) is 4. The number of Topliss-reactive ketones (excluding diaryl/α,β-unsaturated/α-hetero) is 1. The number of rotatable bonds is 3. The Hall–Kier alpha value is -1.85. The third-order valence-electron chi connectivity index (χ3n) is 2.54. The van der Waals surface area contributed by atoms with Gasteiger partial charge in [0.1, 0.15) is 6.04 Å². The summed E-state index contributed by atoms with van der Waals surface area (Å²) >= 11 is 0. The van der Waals surface area contributed by atoms with Crippen molar-refractivity contribution in [2.75, 3.05) is 7.05 Å². The maximum atomic E-state index is 11.8. The average molecular weight is 254 g/mol. The molecule has 0 fully saturated rings. The monoisotopic (exact) mass is 254 g/mol. The molecular weight excluding hydrogens is 236 g/mol. The normalized spacial score (nSPS) is 19.4. The van der Waals surface area contributed by atoms with Crippen molar-refractivity contribution < 1.29 is 19.5 Å². The molecular formula is C12H18N2O4. The predicted molar refractivity (Wildman–Crippen MR) is 64.8 cm³/mol. The summed E-state index contributed by atoms with van der Waals surface area (Å²) in [6.07, 6.45) is 1.48. The van der Waals surface area contributed by atoms with Crippen LogP contribution in [0.25, 0.3) is 0 Å². The van der Waals surface area contributed by atoms with E-state index in [0.717, 1.165) is 0 Å². The number of hydrogen-bond donors (Lipinski definition) is 2. The van der Waals surface area contributed by atoms with Crippen LogP contribution in [0.5, 0.6) is 0 Å². The fraction of sp³-hybridized carbons (Fsp3) is 0.583. The molecule has 6 heteroatoms. The van der Waals surface area contributed by atoms with Crippen LogP contribution in [0.2, 0.25) is 0 Å². The summed E-state index contributed by atoms with van der Waals surface area (Å²) in [6.45, 7) is 5.31. The third-order valence-corrected chi connectivity index (χ3v) is 2.54. The van der Waals surface area contributed by atoms with Gasteiger partial charge < -0.3 is 15.3 Å². The largest absolute Gasteiger partial charge is 0.480 e.